The van der Waals surface area contributed by atoms with Crippen LogP contribution >= 0.6 is 0 Å². The molecule has 2 aromatic carbocycles. The maximum atomic E-state index is 13.0. The molecule has 0 radical (unpaired) electrons. The van der Waals surface area contributed by atoms with Gasteiger partial charge in [-0.3, -0.25) is 4.79 Å². The van der Waals surface area contributed by atoms with Crippen LogP contribution in [0.4, 0.5) is 13.2 Å². The van der Waals surface area contributed by atoms with E-state index in [1.807, 2.05) is 0 Å². The molecule has 0 heterocycles. The average molecular weight is 344 g/mol. The van der Waals surface area contributed by atoms with Gasteiger partial charge in [0.25, 0.3) is 5.91 Å². The molecule has 122 valence electrons. The molecule has 3 N–H and O–H groups in total. The fourth-order valence-electron chi connectivity index (χ4n) is 1.79. The van der Waals surface area contributed by atoms with Gasteiger partial charge in [0.2, 0.25) is 10.0 Å². The number of nitrogens with one attached hydrogen (secondary N) is 1. The smallest absolute Gasteiger partial charge is 0.251 e. The van der Waals surface area contributed by atoms with Crippen LogP contribution < -0.4 is 10.5 Å². The first-order valence-electron chi connectivity index (χ1n) is 6.23. The van der Waals surface area contributed by atoms with Gasteiger partial charge in [-0.25, -0.2) is 26.7 Å². The zero-order chi connectivity index (χ0) is 17.2. The maximum absolute atomic E-state index is 13.0. The van der Waals surface area contributed by atoms with Gasteiger partial charge in [-0.05, 0) is 42.0 Å². The summed E-state index contributed by atoms with van der Waals surface area (Å²) < 4.78 is 61.1. The molecule has 0 fully saturated rings. The van der Waals surface area contributed by atoms with Crippen molar-refractivity contribution in [3.05, 3.63) is 65.0 Å². The van der Waals surface area contributed by atoms with E-state index in [4.69, 9.17) is 5.14 Å². The van der Waals surface area contributed by atoms with Gasteiger partial charge >= 0.3 is 0 Å². The zero-order valence-electron chi connectivity index (χ0n) is 11.5. The first kappa shape index (κ1) is 17.0. The number of amides is 1. The molecule has 0 saturated heterocycles. The van der Waals surface area contributed by atoms with Crippen LogP contribution in [-0.2, 0) is 16.6 Å². The van der Waals surface area contributed by atoms with Gasteiger partial charge in [-0.2, -0.15) is 0 Å². The highest BCUT2D eigenvalue weighted by atomic mass is 32.2. The standard InChI is InChI=1S/C14H11F3N2O3S/c15-11-5-8(6-12(16)13(11)17)7-19-14(20)9-1-3-10(4-2-9)23(18,21)22/h1-6H,7H2,(H,19,20)(H2,18,21,22). The second-order valence-corrected chi connectivity index (χ2v) is 6.19. The summed E-state index contributed by atoms with van der Waals surface area (Å²) in [7, 11) is -3.86. The average Bonchev–Trinajstić information content (AvgIpc) is 2.49. The van der Waals surface area contributed by atoms with Crippen molar-refractivity contribution in [2.24, 2.45) is 5.14 Å². The van der Waals surface area contributed by atoms with Crippen molar-refractivity contribution >= 4 is 15.9 Å². The zero-order valence-corrected chi connectivity index (χ0v) is 12.3. The fourth-order valence-corrected chi connectivity index (χ4v) is 2.31. The third-order valence-electron chi connectivity index (χ3n) is 2.94. The minimum Gasteiger partial charge on any atom is -0.348 e. The molecule has 0 aliphatic rings. The normalized spacial score (nSPS) is 11.3. The van der Waals surface area contributed by atoms with E-state index in [9.17, 15) is 26.4 Å². The van der Waals surface area contributed by atoms with Gasteiger partial charge in [0.15, 0.2) is 17.5 Å². The third kappa shape index (κ3) is 4.08. The van der Waals surface area contributed by atoms with Gasteiger partial charge < -0.3 is 5.32 Å². The first-order chi connectivity index (χ1) is 10.7. The Kier molecular flexibility index (Phi) is 4.71. The number of nitrogens with two attached hydrogens (primary N) is 1. The number of benzene rings is 2. The lowest BCUT2D eigenvalue weighted by Crippen LogP contribution is -2.23. The number of carbonyl (C=O) groups is 1. The predicted molar refractivity (Wildman–Crippen MR) is 75.3 cm³/mol. The number of hydrogen-bond donors (Lipinski definition) is 2. The summed E-state index contributed by atoms with van der Waals surface area (Å²) in [5.41, 5.74) is 0.163. The van der Waals surface area contributed by atoms with Crippen LogP contribution in [0.5, 0.6) is 0 Å². The van der Waals surface area contributed by atoms with E-state index in [0.29, 0.717) is 0 Å². The van der Waals surface area contributed by atoms with Crippen LogP contribution in [-0.4, -0.2) is 14.3 Å². The van der Waals surface area contributed by atoms with Gasteiger partial charge in [-0.15, -0.1) is 0 Å². The minimum absolute atomic E-state index is 0.0379. The molecule has 0 saturated carbocycles. The quantitative estimate of drug-likeness (QED) is 0.827. The van der Waals surface area contributed by atoms with Crippen molar-refractivity contribution in [1.82, 2.24) is 5.32 Å². The summed E-state index contributed by atoms with van der Waals surface area (Å²) in [6, 6.07) is 6.32. The topological polar surface area (TPSA) is 89.3 Å². The van der Waals surface area contributed by atoms with E-state index >= 15 is 0 Å². The van der Waals surface area contributed by atoms with Crippen LogP contribution in [0.1, 0.15) is 15.9 Å². The van der Waals surface area contributed by atoms with Crippen LogP contribution in [0.2, 0.25) is 0 Å². The number of halogens is 3. The van der Waals surface area contributed by atoms with Crippen molar-refractivity contribution in [3.63, 3.8) is 0 Å². The Morgan fingerprint density at radius 1 is 1.04 bits per heavy atom. The van der Waals surface area contributed by atoms with Gasteiger partial charge in [0.1, 0.15) is 0 Å². The van der Waals surface area contributed by atoms with Gasteiger partial charge in [0, 0.05) is 12.1 Å². The summed E-state index contributed by atoms with van der Waals surface area (Å²) in [6.45, 7) is -0.232. The van der Waals surface area contributed by atoms with E-state index in [2.05, 4.69) is 5.32 Å². The number of hydrogen-bond acceptors (Lipinski definition) is 3. The van der Waals surface area contributed by atoms with Crippen molar-refractivity contribution in [2.45, 2.75) is 11.4 Å². The predicted octanol–water partition coefficient (Wildman–Crippen LogP) is 1.68. The Balaban J connectivity index is 2.08. The summed E-state index contributed by atoms with van der Waals surface area (Å²) in [6.07, 6.45) is 0. The molecule has 1 amide bonds. The van der Waals surface area contributed by atoms with Crippen LogP contribution in [0, 0.1) is 17.5 Å². The number of primary sulfonamides is 1. The lowest BCUT2D eigenvalue weighted by atomic mass is 10.2. The van der Waals surface area contributed by atoms with E-state index in [-0.39, 0.29) is 22.6 Å². The molecule has 0 atom stereocenters. The number of sulfonamides is 1. The Bertz CT molecular complexity index is 829. The molecule has 5 nitrogen and oxygen atoms in total. The van der Waals surface area contributed by atoms with Crippen LogP contribution in [0.25, 0.3) is 0 Å². The lowest BCUT2D eigenvalue weighted by molar-refractivity contribution is 0.0950. The molecule has 2 rings (SSSR count). The summed E-state index contributed by atoms with van der Waals surface area (Å²) >= 11 is 0. The summed E-state index contributed by atoms with van der Waals surface area (Å²) in [5.74, 6) is -4.90. The molecule has 2 aromatic rings. The molecular weight excluding hydrogens is 333 g/mol. The highest BCUT2D eigenvalue weighted by molar-refractivity contribution is 7.89. The molecule has 0 aliphatic carbocycles. The molecular formula is C14H11F3N2O3S. The monoisotopic (exact) mass is 344 g/mol. The SMILES string of the molecule is NS(=O)(=O)c1ccc(C(=O)NCc2cc(F)c(F)c(F)c2)cc1. The minimum atomic E-state index is -3.86. The van der Waals surface area contributed by atoms with Crippen LogP contribution in [0.15, 0.2) is 41.3 Å². The largest absolute Gasteiger partial charge is 0.348 e. The van der Waals surface area contributed by atoms with E-state index in [1.54, 1.807) is 0 Å². The van der Waals surface area contributed by atoms with Crippen molar-refractivity contribution in [2.75, 3.05) is 0 Å². The fraction of sp³-hybridized carbons (Fsp3) is 0.0714. The van der Waals surface area contributed by atoms with Crippen molar-refractivity contribution in [1.29, 1.82) is 0 Å². The Hall–Kier alpha value is -2.39. The molecule has 23 heavy (non-hydrogen) atoms. The molecule has 9 heteroatoms. The van der Waals surface area contributed by atoms with E-state index < -0.39 is 33.4 Å². The lowest BCUT2D eigenvalue weighted by Gasteiger charge is -2.07. The third-order valence-corrected chi connectivity index (χ3v) is 3.87. The Morgan fingerprint density at radius 2 is 1.57 bits per heavy atom. The van der Waals surface area contributed by atoms with Crippen molar-refractivity contribution < 1.29 is 26.4 Å². The van der Waals surface area contributed by atoms with Gasteiger partial charge in [0.05, 0.1) is 4.90 Å². The highest BCUT2D eigenvalue weighted by Crippen LogP contribution is 2.14. The molecule has 0 unspecified atom stereocenters. The summed E-state index contributed by atoms with van der Waals surface area (Å²) in [5, 5.41) is 7.30. The molecule has 0 bridgehead atoms. The Labute approximate surface area is 130 Å². The second-order valence-electron chi connectivity index (χ2n) is 4.63. The molecule has 0 aliphatic heterocycles. The van der Waals surface area contributed by atoms with E-state index in [1.165, 1.54) is 12.1 Å². The summed E-state index contributed by atoms with van der Waals surface area (Å²) in [4.78, 5) is 11.7. The van der Waals surface area contributed by atoms with Gasteiger partial charge in [-0.1, -0.05) is 0 Å². The van der Waals surface area contributed by atoms with Crippen LogP contribution in [0.3, 0.4) is 0 Å². The number of carbonyl (C=O) groups excluding carboxylic acids is 1. The van der Waals surface area contributed by atoms with Crippen molar-refractivity contribution in [3.8, 4) is 0 Å². The maximum Gasteiger partial charge on any atom is 0.251 e. The number of rotatable bonds is 4. The first-order valence-corrected chi connectivity index (χ1v) is 7.77. The molecule has 0 aromatic heterocycles. The van der Waals surface area contributed by atoms with E-state index in [0.717, 1.165) is 24.3 Å². The Morgan fingerprint density at radius 3 is 2.04 bits per heavy atom. The second kappa shape index (κ2) is 6.39. The molecule has 0 spiro atoms. The highest BCUT2D eigenvalue weighted by Gasteiger charge is 2.13.